The van der Waals surface area contributed by atoms with E-state index in [1.165, 1.54) is 36.9 Å². The third-order valence-corrected chi connectivity index (χ3v) is 3.97. The fourth-order valence-corrected chi connectivity index (χ4v) is 3.03. The number of methoxy groups -OCH3 is 1. The van der Waals surface area contributed by atoms with Gasteiger partial charge in [-0.2, -0.15) is 0 Å². The standard InChI is InChI=1S/C16H25NO/c1-12-10-13(7-8-15(12)18-4)17-14-6-5-9-16(2,3)11-14/h7-8,10,14,17H,5-6,9,11H2,1-4H3. The molecule has 1 aliphatic rings. The fraction of sp³-hybridized carbons (Fsp3) is 0.625. The topological polar surface area (TPSA) is 21.3 Å². The average molecular weight is 247 g/mol. The van der Waals surface area contributed by atoms with Crippen molar-refractivity contribution in [3.8, 4) is 5.75 Å². The van der Waals surface area contributed by atoms with Gasteiger partial charge in [0.15, 0.2) is 0 Å². The Morgan fingerprint density at radius 1 is 1.33 bits per heavy atom. The summed E-state index contributed by atoms with van der Waals surface area (Å²) in [4.78, 5) is 0. The third-order valence-electron chi connectivity index (χ3n) is 3.97. The summed E-state index contributed by atoms with van der Waals surface area (Å²) >= 11 is 0. The molecule has 2 heteroatoms. The highest BCUT2D eigenvalue weighted by Crippen LogP contribution is 2.36. The van der Waals surface area contributed by atoms with E-state index in [9.17, 15) is 0 Å². The largest absolute Gasteiger partial charge is 0.496 e. The summed E-state index contributed by atoms with van der Waals surface area (Å²) in [5, 5.41) is 3.67. The van der Waals surface area contributed by atoms with Crippen LogP contribution in [0.3, 0.4) is 0 Å². The molecule has 100 valence electrons. The first-order valence-electron chi connectivity index (χ1n) is 6.91. The second-order valence-electron chi connectivity index (χ2n) is 6.29. The van der Waals surface area contributed by atoms with Crippen LogP contribution in [0.25, 0.3) is 0 Å². The molecule has 1 atom stereocenters. The molecule has 0 saturated heterocycles. The van der Waals surface area contributed by atoms with E-state index >= 15 is 0 Å². The Labute approximate surface area is 111 Å². The van der Waals surface area contributed by atoms with E-state index in [-0.39, 0.29) is 0 Å². The molecule has 0 aromatic heterocycles. The van der Waals surface area contributed by atoms with Crippen LogP contribution in [0.1, 0.15) is 45.1 Å². The van der Waals surface area contributed by atoms with E-state index in [1.807, 2.05) is 6.07 Å². The minimum atomic E-state index is 0.484. The van der Waals surface area contributed by atoms with Crippen molar-refractivity contribution >= 4 is 5.69 Å². The second kappa shape index (κ2) is 5.21. The quantitative estimate of drug-likeness (QED) is 0.855. The van der Waals surface area contributed by atoms with Crippen LogP contribution in [-0.2, 0) is 0 Å². The molecule has 0 bridgehead atoms. The smallest absolute Gasteiger partial charge is 0.121 e. The van der Waals surface area contributed by atoms with Gasteiger partial charge in [0.25, 0.3) is 0 Å². The number of benzene rings is 1. The number of hydrogen-bond donors (Lipinski definition) is 1. The van der Waals surface area contributed by atoms with E-state index in [2.05, 4.69) is 38.2 Å². The molecule has 18 heavy (non-hydrogen) atoms. The lowest BCUT2D eigenvalue weighted by Gasteiger charge is -2.36. The molecule has 1 saturated carbocycles. The summed E-state index contributed by atoms with van der Waals surface area (Å²) in [6.07, 6.45) is 5.24. The van der Waals surface area contributed by atoms with Crippen molar-refractivity contribution in [3.63, 3.8) is 0 Å². The molecule has 1 fully saturated rings. The Hall–Kier alpha value is -1.18. The van der Waals surface area contributed by atoms with Crippen LogP contribution < -0.4 is 10.1 Å². The van der Waals surface area contributed by atoms with Crippen LogP contribution in [0.15, 0.2) is 18.2 Å². The van der Waals surface area contributed by atoms with Crippen LogP contribution in [0, 0.1) is 12.3 Å². The normalized spacial score (nSPS) is 22.6. The zero-order chi connectivity index (χ0) is 13.2. The van der Waals surface area contributed by atoms with Crippen molar-refractivity contribution in [2.24, 2.45) is 5.41 Å². The molecule has 1 aromatic rings. The van der Waals surface area contributed by atoms with Crippen molar-refractivity contribution in [1.29, 1.82) is 0 Å². The first-order chi connectivity index (χ1) is 8.50. The van der Waals surface area contributed by atoms with Gasteiger partial charge in [0.05, 0.1) is 7.11 Å². The summed E-state index contributed by atoms with van der Waals surface area (Å²) in [5.41, 5.74) is 2.89. The molecule has 0 aliphatic heterocycles. The fourth-order valence-electron chi connectivity index (χ4n) is 3.03. The third kappa shape index (κ3) is 3.18. The Morgan fingerprint density at radius 3 is 2.72 bits per heavy atom. The first kappa shape index (κ1) is 13.3. The Kier molecular flexibility index (Phi) is 3.84. The van der Waals surface area contributed by atoms with Gasteiger partial charge in [-0.1, -0.05) is 20.3 Å². The van der Waals surface area contributed by atoms with E-state index in [1.54, 1.807) is 7.11 Å². The molecule has 0 heterocycles. The van der Waals surface area contributed by atoms with Gasteiger partial charge in [-0.3, -0.25) is 0 Å². The zero-order valence-corrected chi connectivity index (χ0v) is 12.0. The molecule has 0 spiro atoms. The van der Waals surface area contributed by atoms with E-state index in [0.29, 0.717) is 11.5 Å². The van der Waals surface area contributed by atoms with Crippen LogP contribution in [0.2, 0.25) is 0 Å². The number of aryl methyl sites for hydroxylation is 1. The lowest BCUT2D eigenvalue weighted by molar-refractivity contribution is 0.229. The van der Waals surface area contributed by atoms with Crippen LogP contribution in [0.4, 0.5) is 5.69 Å². The molecule has 1 unspecified atom stereocenters. The number of rotatable bonds is 3. The van der Waals surface area contributed by atoms with Gasteiger partial charge < -0.3 is 10.1 Å². The molecule has 1 aromatic carbocycles. The molecule has 2 nitrogen and oxygen atoms in total. The summed E-state index contributed by atoms with van der Waals surface area (Å²) in [6, 6.07) is 6.96. The summed E-state index contributed by atoms with van der Waals surface area (Å²) in [7, 11) is 1.72. The van der Waals surface area contributed by atoms with Crippen LogP contribution in [0.5, 0.6) is 5.75 Å². The lowest BCUT2D eigenvalue weighted by atomic mass is 9.75. The van der Waals surface area contributed by atoms with Crippen molar-refractivity contribution in [1.82, 2.24) is 0 Å². The van der Waals surface area contributed by atoms with Gasteiger partial charge in [-0.15, -0.1) is 0 Å². The van der Waals surface area contributed by atoms with E-state index < -0.39 is 0 Å². The Morgan fingerprint density at radius 2 is 2.11 bits per heavy atom. The van der Waals surface area contributed by atoms with Crippen molar-refractivity contribution < 1.29 is 4.74 Å². The second-order valence-corrected chi connectivity index (χ2v) is 6.29. The first-order valence-corrected chi connectivity index (χ1v) is 6.91. The summed E-state index contributed by atoms with van der Waals surface area (Å²) < 4.78 is 5.30. The van der Waals surface area contributed by atoms with E-state index in [0.717, 1.165) is 5.75 Å². The predicted molar refractivity (Wildman–Crippen MR) is 77.4 cm³/mol. The van der Waals surface area contributed by atoms with Gasteiger partial charge in [-0.05, 0) is 55.4 Å². The maximum absolute atomic E-state index is 5.30. The van der Waals surface area contributed by atoms with Gasteiger partial charge in [0.1, 0.15) is 5.75 Å². The molecular formula is C16H25NO. The maximum Gasteiger partial charge on any atom is 0.121 e. The minimum absolute atomic E-state index is 0.484. The molecule has 1 aliphatic carbocycles. The Balaban J connectivity index is 2.03. The van der Waals surface area contributed by atoms with Crippen molar-refractivity contribution in [2.75, 3.05) is 12.4 Å². The summed E-state index contributed by atoms with van der Waals surface area (Å²) in [5.74, 6) is 0.963. The number of anilines is 1. The molecule has 0 amide bonds. The predicted octanol–water partition coefficient (Wildman–Crippen LogP) is 4.38. The van der Waals surface area contributed by atoms with Crippen LogP contribution >= 0.6 is 0 Å². The lowest BCUT2D eigenvalue weighted by Crippen LogP contribution is -2.31. The Bertz CT molecular complexity index is 412. The number of ether oxygens (including phenoxy) is 1. The summed E-state index contributed by atoms with van der Waals surface area (Å²) in [6.45, 7) is 6.84. The SMILES string of the molecule is COc1ccc(NC2CCCC(C)(C)C2)cc1C. The molecular weight excluding hydrogens is 222 g/mol. The van der Waals surface area contributed by atoms with Gasteiger partial charge in [-0.25, -0.2) is 0 Å². The maximum atomic E-state index is 5.30. The number of nitrogens with one attached hydrogen (secondary N) is 1. The van der Waals surface area contributed by atoms with Gasteiger partial charge >= 0.3 is 0 Å². The molecule has 0 radical (unpaired) electrons. The number of hydrogen-bond acceptors (Lipinski definition) is 2. The average Bonchev–Trinajstić information content (AvgIpc) is 2.28. The highest BCUT2D eigenvalue weighted by molar-refractivity contribution is 5.51. The highest BCUT2D eigenvalue weighted by Gasteiger charge is 2.27. The minimum Gasteiger partial charge on any atom is -0.496 e. The van der Waals surface area contributed by atoms with Gasteiger partial charge in [0, 0.05) is 11.7 Å². The zero-order valence-electron chi connectivity index (χ0n) is 12.0. The van der Waals surface area contributed by atoms with Crippen molar-refractivity contribution in [2.45, 2.75) is 52.5 Å². The van der Waals surface area contributed by atoms with Crippen LogP contribution in [-0.4, -0.2) is 13.2 Å². The molecule has 1 N–H and O–H groups in total. The van der Waals surface area contributed by atoms with Gasteiger partial charge in [0.2, 0.25) is 0 Å². The highest BCUT2D eigenvalue weighted by atomic mass is 16.5. The van der Waals surface area contributed by atoms with Crippen molar-refractivity contribution in [3.05, 3.63) is 23.8 Å². The monoisotopic (exact) mass is 247 g/mol. The van der Waals surface area contributed by atoms with E-state index in [4.69, 9.17) is 4.74 Å². The molecule has 2 rings (SSSR count).